The molecule has 0 aliphatic carbocycles. The molecule has 0 saturated heterocycles. The number of nitro groups is 1. The molecule has 7 heteroatoms. The predicted molar refractivity (Wildman–Crippen MR) is 105 cm³/mol. The molecule has 2 aromatic rings. The maximum absolute atomic E-state index is 11.9. The molecule has 1 amide bonds. The van der Waals surface area contributed by atoms with Crippen molar-refractivity contribution in [1.82, 2.24) is 5.32 Å². The summed E-state index contributed by atoms with van der Waals surface area (Å²) in [6.07, 6.45) is 4.27. The fraction of sp³-hybridized carbons (Fsp3) is 0.238. The third-order valence-corrected chi connectivity index (χ3v) is 3.98. The van der Waals surface area contributed by atoms with E-state index < -0.39 is 10.9 Å². The Hall–Kier alpha value is -3.48. The van der Waals surface area contributed by atoms with Gasteiger partial charge in [0.05, 0.1) is 4.92 Å². The molecule has 0 radical (unpaired) electrons. The summed E-state index contributed by atoms with van der Waals surface area (Å²) < 4.78 is 4.91. The molecule has 0 aliphatic heterocycles. The molecule has 0 aliphatic rings. The Bertz CT molecular complexity index is 832. The van der Waals surface area contributed by atoms with Gasteiger partial charge < -0.3 is 10.1 Å². The van der Waals surface area contributed by atoms with Crippen molar-refractivity contribution in [3.05, 3.63) is 81.9 Å². The Morgan fingerprint density at radius 1 is 1.14 bits per heavy atom. The number of esters is 1. The van der Waals surface area contributed by atoms with Gasteiger partial charge >= 0.3 is 5.97 Å². The van der Waals surface area contributed by atoms with Crippen LogP contribution in [0.2, 0.25) is 0 Å². The van der Waals surface area contributed by atoms with E-state index in [-0.39, 0.29) is 24.2 Å². The quantitative estimate of drug-likeness (QED) is 0.311. The van der Waals surface area contributed by atoms with Gasteiger partial charge in [0.25, 0.3) is 11.6 Å². The molecule has 7 nitrogen and oxygen atoms in total. The summed E-state index contributed by atoms with van der Waals surface area (Å²) in [6, 6.07) is 15.7. The lowest BCUT2D eigenvalue weighted by Gasteiger charge is -2.13. The van der Waals surface area contributed by atoms with Gasteiger partial charge in [-0.15, -0.1) is 0 Å². The van der Waals surface area contributed by atoms with Crippen molar-refractivity contribution in [3.63, 3.8) is 0 Å². The summed E-state index contributed by atoms with van der Waals surface area (Å²) >= 11 is 0. The van der Waals surface area contributed by atoms with Crippen LogP contribution in [-0.2, 0) is 20.7 Å². The van der Waals surface area contributed by atoms with Crippen LogP contribution < -0.4 is 5.32 Å². The van der Waals surface area contributed by atoms with Gasteiger partial charge in [-0.25, -0.2) is 4.79 Å². The first-order valence-corrected chi connectivity index (χ1v) is 8.86. The molecule has 0 aromatic heterocycles. The van der Waals surface area contributed by atoms with Gasteiger partial charge in [0.15, 0.2) is 6.61 Å². The number of nitro benzene ring substituents is 1. The van der Waals surface area contributed by atoms with E-state index in [9.17, 15) is 19.7 Å². The Kier molecular flexibility index (Phi) is 7.90. The van der Waals surface area contributed by atoms with Crippen molar-refractivity contribution in [2.45, 2.75) is 25.8 Å². The zero-order valence-electron chi connectivity index (χ0n) is 15.5. The fourth-order valence-electron chi connectivity index (χ4n) is 2.47. The molecule has 2 aromatic carbocycles. The van der Waals surface area contributed by atoms with Gasteiger partial charge in [-0.3, -0.25) is 14.9 Å². The lowest BCUT2D eigenvalue weighted by molar-refractivity contribution is -0.384. The monoisotopic (exact) mass is 382 g/mol. The van der Waals surface area contributed by atoms with Crippen molar-refractivity contribution in [3.8, 4) is 0 Å². The van der Waals surface area contributed by atoms with E-state index in [4.69, 9.17) is 4.74 Å². The van der Waals surface area contributed by atoms with E-state index in [2.05, 4.69) is 5.32 Å². The molecule has 0 bridgehead atoms. The SMILES string of the molecule is C[C@H](CCc1ccccc1)NC(=O)COC(=O)/C=C/c1ccc([N+](=O)[O-])cc1. The van der Waals surface area contributed by atoms with E-state index in [1.807, 2.05) is 37.3 Å². The summed E-state index contributed by atoms with van der Waals surface area (Å²) in [5.74, 6) is -1.02. The van der Waals surface area contributed by atoms with E-state index in [1.165, 1.54) is 42.0 Å². The number of rotatable bonds is 9. The normalized spacial score (nSPS) is 11.8. The van der Waals surface area contributed by atoms with Crippen LogP contribution in [0.3, 0.4) is 0 Å². The maximum Gasteiger partial charge on any atom is 0.331 e. The minimum Gasteiger partial charge on any atom is -0.452 e. The van der Waals surface area contributed by atoms with E-state index in [1.54, 1.807) is 0 Å². The minimum atomic E-state index is -0.662. The van der Waals surface area contributed by atoms with E-state index in [0.29, 0.717) is 5.56 Å². The predicted octanol–water partition coefficient (Wildman–Crippen LogP) is 3.29. The zero-order chi connectivity index (χ0) is 20.4. The van der Waals surface area contributed by atoms with Crippen molar-refractivity contribution < 1.29 is 19.2 Å². The van der Waals surface area contributed by atoms with Gasteiger partial charge in [0.2, 0.25) is 0 Å². The van der Waals surface area contributed by atoms with Gasteiger partial charge in [-0.2, -0.15) is 0 Å². The van der Waals surface area contributed by atoms with E-state index >= 15 is 0 Å². The molecular formula is C21H22N2O5. The number of hydrogen-bond donors (Lipinski definition) is 1. The van der Waals surface area contributed by atoms with Crippen LogP contribution in [-0.4, -0.2) is 29.4 Å². The van der Waals surface area contributed by atoms with Crippen LogP contribution in [0.4, 0.5) is 5.69 Å². The second kappa shape index (κ2) is 10.6. The molecule has 0 spiro atoms. The number of carbonyl (C=O) groups excluding carboxylic acids is 2. The van der Waals surface area contributed by atoms with Gasteiger partial charge in [0, 0.05) is 24.3 Å². The smallest absolute Gasteiger partial charge is 0.331 e. The second-order valence-electron chi connectivity index (χ2n) is 6.28. The summed E-state index contributed by atoms with van der Waals surface area (Å²) in [7, 11) is 0. The standard InChI is InChI=1S/C21H22N2O5/c1-16(7-8-17-5-3-2-4-6-17)22-20(24)15-28-21(25)14-11-18-9-12-19(13-10-18)23(26)27/h2-6,9-14,16H,7-8,15H2,1H3,(H,22,24)/b14-11+/t16-/m1/s1. The van der Waals surface area contributed by atoms with Crippen molar-refractivity contribution in [1.29, 1.82) is 0 Å². The number of benzene rings is 2. The number of aryl methyl sites for hydroxylation is 1. The average molecular weight is 382 g/mol. The third kappa shape index (κ3) is 7.41. The molecule has 2 rings (SSSR count). The molecule has 1 N–H and O–H groups in total. The molecule has 0 heterocycles. The number of ether oxygens (including phenoxy) is 1. The fourth-order valence-corrected chi connectivity index (χ4v) is 2.47. The molecular weight excluding hydrogens is 360 g/mol. The number of nitrogens with one attached hydrogen (secondary N) is 1. The van der Waals surface area contributed by atoms with Crippen LogP contribution >= 0.6 is 0 Å². The highest BCUT2D eigenvalue weighted by molar-refractivity contribution is 5.89. The summed E-state index contributed by atoms with van der Waals surface area (Å²) in [6.45, 7) is 1.54. The zero-order valence-corrected chi connectivity index (χ0v) is 15.5. The maximum atomic E-state index is 11.9. The van der Waals surface area contributed by atoms with Crippen LogP contribution in [0.15, 0.2) is 60.7 Å². The van der Waals surface area contributed by atoms with Gasteiger partial charge in [-0.1, -0.05) is 30.3 Å². The Morgan fingerprint density at radius 3 is 2.46 bits per heavy atom. The van der Waals surface area contributed by atoms with Crippen molar-refractivity contribution in [2.75, 3.05) is 6.61 Å². The van der Waals surface area contributed by atoms with Crippen LogP contribution in [0.25, 0.3) is 6.08 Å². The largest absolute Gasteiger partial charge is 0.452 e. The molecule has 28 heavy (non-hydrogen) atoms. The molecule has 1 atom stereocenters. The highest BCUT2D eigenvalue weighted by Gasteiger charge is 2.09. The van der Waals surface area contributed by atoms with E-state index in [0.717, 1.165) is 12.8 Å². The summed E-state index contributed by atoms with van der Waals surface area (Å²) in [4.78, 5) is 33.7. The lowest BCUT2D eigenvalue weighted by atomic mass is 10.1. The first-order valence-electron chi connectivity index (χ1n) is 8.86. The highest BCUT2D eigenvalue weighted by Crippen LogP contribution is 2.12. The number of hydrogen-bond acceptors (Lipinski definition) is 5. The number of carbonyl (C=O) groups is 2. The van der Waals surface area contributed by atoms with Gasteiger partial charge in [0.1, 0.15) is 0 Å². The summed E-state index contributed by atoms with van der Waals surface area (Å²) in [5, 5.41) is 13.4. The topological polar surface area (TPSA) is 98.5 Å². The first kappa shape index (κ1) is 20.8. The third-order valence-electron chi connectivity index (χ3n) is 3.98. The van der Waals surface area contributed by atoms with Crippen molar-refractivity contribution in [2.24, 2.45) is 0 Å². The molecule has 0 fully saturated rings. The second-order valence-corrected chi connectivity index (χ2v) is 6.28. The molecule has 0 saturated carbocycles. The molecule has 0 unspecified atom stereocenters. The Morgan fingerprint density at radius 2 is 1.82 bits per heavy atom. The van der Waals surface area contributed by atoms with Gasteiger partial charge in [-0.05, 0) is 49.1 Å². The minimum absolute atomic E-state index is 0.0298. The summed E-state index contributed by atoms with van der Waals surface area (Å²) in [5.41, 5.74) is 1.78. The lowest BCUT2D eigenvalue weighted by Crippen LogP contribution is -2.36. The van der Waals surface area contributed by atoms with Crippen LogP contribution in [0.1, 0.15) is 24.5 Å². The van der Waals surface area contributed by atoms with Crippen LogP contribution in [0.5, 0.6) is 0 Å². The van der Waals surface area contributed by atoms with Crippen LogP contribution in [0, 0.1) is 10.1 Å². The number of non-ortho nitro benzene ring substituents is 1. The average Bonchev–Trinajstić information content (AvgIpc) is 2.70. The highest BCUT2D eigenvalue weighted by atomic mass is 16.6. The Labute approximate surface area is 163 Å². The first-order chi connectivity index (χ1) is 13.4. The van der Waals surface area contributed by atoms with Crippen molar-refractivity contribution >= 4 is 23.6 Å². The number of amides is 1. The number of nitrogens with zero attached hydrogens (tertiary/aromatic N) is 1. The Balaban J connectivity index is 1.69. The molecule has 146 valence electrons.